The van der Waals surface area contributed by atoms with Crippen LogP contribution in [0.15, 0.2) is 60.7 Å². The molecule has 1 fully saturated rings. The summed E-state index contributed by atoms with van der Waals surface area (Å²) in [6.45, 7) is 6.92. The summed E-state index contributed by atoms with van der Waals surface area (Å²) < 4.78 is 27.0. The Morgan fingerprint density at radius 2 is 1.48 bits per heavy atom. The van der Waals surface area contributed by atoms with Gasteiger partial charge in [-0.05, 0) is 55.5 Å². The fourth-order valence-corrected chi connectivity index (χ4v) is 2.11. The normalized spacial score (nSPS) is 14.9. The Morgan fingerprint density at radius 3 is 2.00 bits per heavy atom. The first kappa shape index (κ1) is 18.8. The smallest absolute Gasteiger partial charge is 0.333 e. The Hall–Kier alpha value is -2.99. The van der Waals surface area contributed by atoms with Gasteiger partial charge in [0.05, 0.1) is 6.61 Å². The summed E-state index contributed by atoms with van der Waals surface area (Å²) in [5.41, 5.74) is 0.369. The highest BCUT2D eigenvalue weighted by molar-refractivity contribution is 5.86. The predicted molar refractivity (Wildman–Crippen MR) is 99.5 cm³/mol. The molecule has 27 heavy (non-hydrogen) atoms. The van der Waals surface area contributed by atoms with E-state index >= 15 is 0 Å². The summed E-state index contributed by atoms with van der Waals surface area (Å²) in [7, 11) is 0. The average molecular weight is 370 g/mol. The van der Waals surface area contributed by atoms with Crippen LogP contribution in [0.4, 0.5) is 0 Å². The molecule has 2 aromatic carbocycles. The summed E-state index contributed by atoms with van der Waals surface area (Å²) in [6, 6.07) is 14.6. The molecule has 0 aliphatic carbocycles. The zero-order valence-corrected chi connectivity index (χ0v) is 15.2. The molecule has 0 N–H and O–H groups in total. The van der Waals surface area contributed by atoms with Gasteiger partial charge in [-0.15, -0.1) is 0 Å². The topological polar surface area (TPSA) is 66.5 Å². The lowest BCUT2D eigenvalue weighted by molar-refractivity contribution is -0.139. The van der Waals surface area contributed by atoms with Gasteiger partial charge in [0, 0.05) is 5.57 Å². The van der Waals surface area contributed by atoms with Crippen molar-refractivity contribution < 1.29 is 28.5 Å². The van der Waals surface area contributed by atoms with Crippen LogP contribution in [0.1, 0.15) is 6.92 Å². The molecule has 1 aliphatic heterocycles. The van der Waals surface area contributed by atoms with Gasteiger partial charge in [0.25, 0.3) is 0 Å². The van der Waals surface area contributed by atoms with Gasteiger partial charge in [-0.3, -0.25) is 0 Å². The van der Waals surface area contributed by atoms with E-state index < -0.39 is 5.97 Å². The van der Waals surface area contributed by atoms with E-state index in [-0.39, 0.29) is 19.3 Å². The predicted octanol–water partition coefficient (Wildman–Crippen LogP) is 3.75. The number of carbonyl (C=O) groups is 1. The molecule has 1 aliphatic rings. The molecule has 142 valence electrons. The quantitative estimate of drug-likeness (QED) is 0.275. The SMILES string of the molecule is C=C(C)C(=O)OCCOc1ccc(Oc2ccc(OCC3CO3)cc2)cc1. The second-order valence-electron chi connectivity index (χ2n) is 6.08. The summed E-state index contributed by atoms with van der Waals surface area (Å²) in [6.07, 6.45) is 0.236. The number of hydrogen-bond donors (Lipinski definition) is 0. The Morgan fingerprint density at radius 1 is 0.963 bits per heavy atom. The van der Waals surface area contributed by atoms with Gasteiger partial charge < -0.3 is 23.7 Å². The van der Waals surface area contributed by atoms with Crippen molar-refractivity contribution >= 4 is 5.97 Å². The molecule has 0 bridgehead atoms. The van der Waals surface area contributed by atoms with Gasteiger partial charge in [-0.1, -0.05) is 6.58 Å². The van der Waals surface area contributed by atoms with Crippen LogP contribution < -0.4 is 14.2 Å². The van der Waals surface area contributed by atoms with Gasteiger partial charge in [-0.2, -0.15) is 0 Å². The molecule has 6 nitrogen and oxygen atoms in total. The van der Waals surface area contributed by atoms with Gasteiger partial charge in [0.2, 0.25) is 0 Å². The van der Waals surface area contributed by atoms with Crippen LogP contribution in [-0.4, -0.2) is 38.5 Å². The molecule has 1 atom stereocenters. The van der Waals surface area contributed by atoms with E-state index in [1.807, 2.05) is 36.4 Å². The van der Waals surface area contributed by atoms with Gasteiger partial charge in [0.1, 0.15) is 48.9 Å². The summed E-state index contributed by atoms with van der Waals surface area (Å²) in [5, 5.41) is 0. The zero-order valence-electron chi connectivity index (χ0n) is 15.2. The number of carbonyl (C=O) groups excluding carboxylic acids is 1. The molecule has 0 amide bonds. The highest BCUT2D eigenvalue weighted by Crippen LogP contribution is 2.26. The third-order valence-corrected chi connectivity index (χ3v) is 3.66. The van der Waals surface area contributed by atoms with Gasteiger partial charge >= 0.3 is 5.97 Å². The molecular weight excluding hydrogens is 348 g/mol. The van der Waals surface area contributed by atoms with E-state index in [0.717, 1.165) is 12.4 Å². The minimum atomic E-state index is -0.417. The third-order valence-electron chi connectivity index (χ3n) is 3.66. The lowest BCUT2D eigenvalue weighted by atomic mass is 10.3. The minimum absolute atomic E-state index is 0.172. The minimum Gasteiger partial charge on any atom is -0.491 e. The molecule has 6 heteroatoms. The fourth-order valence-electron chi connectivity index (χ4n) is 2.11. The summed E-state index contributed by atoms with van der Waals surface area (Å²) >= 11 is 0. The van der Waals surface area contributed by atoms with Crippen LogP contribution in [0.5, 0.6) is 23.0 Å². The molecule has 1 saturated heterocycles. The Labute approximate surface area is 158 Å². The Balaban J connectivity index is 1.41. The zero-order chi connectivity index (χ0) is 19.1. The van der Waals surface area contributed by atoms with Crippen LogP contribution in [0.2, 0.25) is 0 Å². The molecule has 3 rings (SSSR count). The largest absolute Gasteiger partial charge is 0.491 e. The number of ether oxygens (including phenoxy) is 5. The average Bonchev–Trinajstić information content (AvgIpc) is 3.50. The maximum absolute atomic E-state index is 11.3. The first-order chi connectivity index (χ1) is 13.1. The second-order valence-corrected chi connectivity index (χ2v) is 6.08. The molecule has 0 spiro atoms. The molecule has 1 heterocycles. The number of esters is 1. The molecule has 0 aromatic heterocycles. The van der Waals surface area contributed by atoms with Crippen molar-refractivity contribution in [2.24, 2.45) is 0 Å². The van der Waals surface area contributed by atoms with Crippen molar-refractivity contribution in [3.63, 3.8) is 0 Å². The highest BCUT2D eigenvalue weighted by atomic mass is 16.6. The molecule has 0 saturated carbocycles. The van der Waals surface area contributed by atoms with Crippen molar-refractivity contribution in [1.29, 1.82) is 0 Å². The monoisotopic (exact) mass is 370 g/mol. The first-order valence-corrected chi connectivity index (χ1v) is 8.68. The van der Waals surface area contributed by atoms with Crippen molar-refractivity contribution in [3.05, 3.63) is 60.7 Å². The fraction of sp³-hybridized carbons (Fsp3) is 0.286. The third kappa shape index (κ3) is 6.34. The van der Waals surface area contributed by atoms with Crippen molar-refractivity contribution in [1.82, 2.24) is 0 Å². The van der Waals surface area contributed by atoms with Crippen LogP contribution in [0.3, 0.4) is 0 Å². The molecule has 1 unspecified atom stereocenters. The molecule has 2 aromatic rings. The van der Waals surface area contributed by atoms with Crippen LogP contribution in [0, 0.1) is 0 Å². The van der Waals surface area contributed by atoms with E-state index in [0.29, 0.717) is 29.4 Å². The lowest BCUT2D eigenvalue weighted by Gasteiger charge is -2.10. The number of hydrogen-bond acceptors (Lipinski definition) is 6. The van der Waals surface area contributed by atoms with Gasteiger partial charge in [-0.25, -0.2) is 4.79 Å². The van der Waals surface area contributed by atoms with Crippen molar-refractivity contribution in [2.75, 3.05) is 26.4 Å². The van der Waals surface area contributed by atoms with E-state index in [2.05, 4.69) is 6.58 Å². The molecule has 0 radical (unpaired) electrons. The van der Waals surface area contributed by atoms with Crippen LogP contribution in [0.25, 0.3) is 0 Å². The maximum atomic E-state index is 11.3. The van der Waals surface area contributed by atoms with Crippen molar-refractivity contribution in [3.8, 4) is 23.0 Å². The standard InChI is InChI=1S/C21H22O6/c1-15(2)21(22)24-12-11-23-16-3-7-18(8-4-16)27-19-9-5-17(6-10-19)25-13-20-14-26-20/h3-10,20H,1,11-14H2,2H3. The molecular formula is C21H22O6. The van der Waals surface area contributed by atoms with E-state index in [9.17, 15) is 4.79 Å². The van der Waals surface area contributed by atoms with E-state index in [1.54, 1.807) is 19.1 Å². The highest BCUT2D eigenvalue weighted by Gasteiger charge is 2.22. The van der Waals surface area contributed by atoms with Crippen LogP contribution in [-0.2, 0) is 14.3 Å². The first-order valence-electron chi connectivity index (χ1n) is 8.68. The van der Waals surface area contributed by atoms with Gasteiger partial charge in [0.15, 0.2) is 0 Å². The van der Waals surface area contributed by atoms with Crippen LogP contribution >= 0.6 is 0 Å². The number of epoxide rings is 1. The summed E-state index contributed by atoms with van der Waals surface area (Å²) in [5.74, 6) is 2.44. The summed E-state index contributed by atoms with van der Waals surface area (Å²) in [4.78, 5) is 11.3. The lowest BCUT2D eigenvalue weighted by Crippen LogP contribution is -2.12. The van der Waals surface area contributed by atoms with E-state index in [1.165, 1.54) is 0 Å². The number of benzene rings is 2. The second kappa shape index (κ2) is 9.09. The Bertz CT molecular complexity index is 762. The van der Waals surface area contributed by atoms with Crippen molar-refractivity contribution in [2.45, 2.75) is 13.0 Å². The Kier molecular flexibility index (Phi) is 6.33. The van der Waals surface area contributed by atoms with E-state index in [4.69, 9.17) is 23.7 Å². The number of rotatable bonds is 10. The maximum Gasteiger partial charge on any atom is 0.333 e.